The van der Waals surface area contributed by atoms with E-state index >= 15 is 0 Å². The maximum absolute atomic E-state index is 5.80. The predicted molar refractivity (Wildman–Crippen MR) is 65.5 cm³/mol. The van der Waals surface area contributed by atoms with Gasteiger partial charge in [0.05, 0.1) is 0 Å². The first-order valence-corrected chi connectivity index (χ1v) is 5.78. The van der Waals surface area contributed by atoms with Crippen molar-refractivity contribution >= 4 is 5.76 Å². The highest BCUT2D eigenvalue weighted by atomic mass is 16.7. The number of rotatable bonds is 3. The van der Waals surface area contributed by atoms with Crippen LogP contribution in [0.3, 0.4) is 0 Å². The Kier molecular flexibility index (Phi) is 3.81. The Morgan fingerprint density at radius 3 is 2.44 bits per heavy atom. The topological polar surface area (TPSA) is 12.5 Å². The van der Waals surface area contributed by atoms with Crippen LogP contribution in [0.1, 0.15) is 24.8 Å². The van der Waals surface area contributed by atoms with E-state index in [2.05, 4.69) is 12.3 Å². The molecule has 2 heteroatoms. The van der Waals surface area contributed by atoms with E-state index in [4.69, 9.17) is 4.84 Å². The van der Waals surface area contributed by atoms with Gasteiger partial charge in [0.2, 0.25) is 0 Å². The first-order chi connectivity index (χ1) is 7.90. The molecule has 84 valence electrons. The van der Waals surface area contributed by atoms with Gasteiger partial charge in [-0.2, -0.15) is 0 Å². The van der Waals surface area contributed by atoms with Crippen molar-refractivity contribution in [3.8, 4) is 0 Å². The van der Waals surface area contributed by atoms with Crippen LogP contribution in [0.25, 0.3) is 5.76 Å². The van der Waals surface area contributed by atoms with Crippen LogP contribution in [0.15, 0.2) is 42.6 Å². The molecular formula is C14H17NO. The lowest BCUT2D eigenvalue weighted by Gasteiger charge is -2.26. The van der Waals surface area contributed by atoms with E-state index in [9.17, 15) is 0 Å². The molecule has 0 aromatic heterocycles. The van der Waals surface area contributed by atoms with Gasteiger partial charge in [0, 0.05) is 18.7 Å². The van der Waals surface area contributed by atoms with Gasteiger partial charge in [-0.1, -0.05) is 49.1 Å². The maximum Gasteiger partial charge on any atom is 0.196 e. The van der Waals surface area contributed by atoms with Gasteiger partial charge in [-0.15, -0.1) is 5.06 Å². The van der Waals surface area contributed by atoms with Crippen LogP contribution in [0, 0.1) is 0 Å². The Bertz CT molecular complexity index is 373. The first-order valence-electron chi connectivity index (χ1n) is 5.78. The van der Waals surface area contributed by atoms with Gasteiger partial charge < -0.3 is 4.84 Å². The first kappa shape index (κ1) is 11.0. The molecule has 1 saturated heterocycles. The minimum atomic E-state index is 0.725. The summed E-state index contributed by atoms with van der Waals surface area (Å²) in [5, 5.41) is 2.00. The average molecular weight is 215 g/mol. The quantitative estimate of drug-likeness (QED) is 0.567. The minimum absolute atomic E-state index is 0.725. The van der Waals surface area contributed by atoms with Crippen LogP contribution in [0.4, 0.5) is 0 Å². The zero-order chi connectivity index (χ0) is 11.2. The second kappa shape index (κ2) is 5.55. The fourth-order valence-corrected chi connectivity index (χ4v) is 1.86. The van der Waals surface area contributed by atoms with Crippen molar-refractivity contribution in [3.63, 3.8) is 0 Å². The molecule has 0 spiro atoms. The Labute approximate surface area is 96.8 Å². The fourth-order valence-electron chi connectivity index (χ4n) is 1.86. The lowest BCUT2D eigenvalue weighted by atomic mass is 10.2. The monoisotopic (exact) mass is 215 g/mol. The van der Waals surface area contributed by atoms with E-state index in [-0.39, 0.29) is 0 Å². The smallest absolute Gasteiger partial charge is 0.196 e. The van der Waals surface area contributed by atoms with E-state index in [0.717, 1.165) is 24.4 Å². The van der Waals surface area contributed by atoms with Gasteiger partial charge in [0.15, 0.2) is 5.76 Å². The zero-order valence-corrected chi connectivity index (χ0v) is 9.48. The molecule has 0 unspecified atom stereocenters. The molecule has 0 N–H and O–H groups in total. The van der Waals surface area contributed by atoms with E-state index in [0.29, 0.717) is 0 Å². The number of hydroxylamine groups is 2. The molecule has 0 atom stereocenters. The summed E-state index contributed by atoms with van der Waals surface area (Å²) in [6, 6.07) is 10.00. The van der Waals surface area contributed by atoms with Gasteiger partial charge in [-0.3, -0.25) is 0 Å². The maximum atomic E-state index is 5.80. The third kappa shape index (κ3) is 2.75. The van der Waals surface area contributed by atoms with Gasteiger partial charge in [-0.25, -0.2) is 0 Å². The Morgan fingerprint density at radius 2 is 1.81 bits per heavy atom. The van der Waals surface area contributed by atoms with Gasteiger partial charge in [-0.05, 0) is 12.8 Å². The van der Waals surface area contributed by atoms with Crippen molar-refractivity contribution in [1.29, 1.82) is 0 Å². The van der Waals surface area contributed by atoms with Crippen molar-refractivity contribution in [2.75, 3.05) is 13.1 Å². The van der Waals surface area contributed by atoms with Crippen LogP contribution < -0.4 is 0 Å². The van der Waals surface area contributed by atoms with Gasteiger partial charge >= 0.3 is 0 Å². The molecule has 1 aromatic rings. The van der Waals surface area contributed by atoms with Gasteiger partial charge in [0.25, 0.3) is 0 Å². The normalized spacial score (nSPS) is 16.5. The molecule has 1 heterocycles. The van der Waals surface area contributed by atoms with Crippen molar-refractivity contribution in [3.05, 3.63) is 48.2 Å². The third-order valence-electron chi connectivity index (χ3n) is 2.73. The highest BCUT2D eigenvalue weighted by Gasteiger charge is 2.13. The van der Waals surface area contributed by atoms with Crippen LogP contribution in [0.2, 0.25) is 0 Å². The third-order valence-corrected chi connectivity index (χ3v) is 2.73. The van der Waals surface area contributed by atoms with Gasteiger partial charge in [0.1, 0.15) is 0 Å². The van der Waals surface area contributed by atoms with E-state index in [1.165, 1.54) is 19.3 Å². The standard InChI is InChI=1S/C14H17NO/c1-2-14(13-9-5-3-6-10-13)16-15-11-7-4-8-12-15/h3,5-6,9-10H,1,4,7-8,11-12H2. The molecule has 0 bridgehead atoms. The van der Waals surface area contributed by atoms with Crippen molar-refractivity contribution in [1.82, 2.24) is 5.06 Å². The molecular weight excluding hydrogens is 198 g/mol. The van der Waals surface area contributed by atoms with Crippen LogP contribution >= 0.6 is 0 Å². The Hall–Kier alpha value is -1.50. The number of hydrogen-bond donors (Lipinski definition) is 0. The molecule has 16 heavy (non-hydrogen) atoms. The van der Waals surface area contributed by atoms with E-state index < -0.39 is 0 Å². The second-order valence-corrected chi connectivity index (χ2v) is 3.95. The molecule has 0 aliphatic carbocycles. The summed E-state index contributed by atoms with van der Waals surface area (Å²) in [5.74, 6) is 0.725. The molecule has 2 nitrogen and oxygen atoms in total. The molecule has 1 fully saturated rings. The average Bonchev–Trinajstić information content (AvgIpc) is 2.38. The predicted octanol–water partition coefficient (Wildman–Crippen LogP) is 3.23. The lowest BCUT2D eigenvalue weighted by Crippen LogP contribution is -2.29. The number of hydrogen-bond acceptors (Lipinski definition) is 2. The summed E-state index contributed by atoms with van der Waals surface area (Å²) in [6.45, 7) is 5.69. The summed E-state index contributed by atoms with van der Waals surface area (Å²) >= 11 is 0. The summed E-state index contributed by atoms with van der Waals surface area (Å²) < 4.78 is 0. The van der Waals surface area contributed by atoms with Crippen LogP contribution in [0.5, 0.6) is 0 Å². The Balaban J connectivity index is 2.04. The van der Waals surface area contributed by atoms with Crippen LogP contribution in [-0.2, 0) is 4.84 Å². The fraction of sp³-hybridized carbons (Fsp3) is 0.357. The molecule has 1 aromatic carbocycles. The number of benzene rings is 1. The van der Waals surface area contributed by atoms with Crippen molar-refractivity contribution in [2.45, 2.75) is 19.3 Å². The molecule has 1 aliphatic heterocycles. The number of piperidine rings is 1. The largest absolute Gasteiger partial charge is 0.397 e. The van der Waals surface area contributed by atoms with Crippen molar-refractivity contribution in [2.24, 2.45) is 0 Å². The summed E-state index contributed by atoms with van der Waals surface area (Å²) in [7, 11) is 0. The van der Waals surface area contributed by atoms with Crippen LogP contribution in [-0.4, -0.2) is 18.2 Å². The molecule has 0 amide bonds. The second-order valence-electron chi connectivity index (χ2n) is 3.95. The van der Waals surface area contributed by atoms with E-state index in [1.54, 1.807) is 0 Å². The molecule has 0 saturated carbocycles. The SMILES string of the molecule is C=C=C(ON1CCCCC1)c1ccccc1. The minimum Gasteiger partial charge on any atom is -0.397 e. The zero-order valence-electron chi connectivity index (χ0n) is 9.48. The van der Waals surface area contributed by atoms with Crippen molar-refractivity contribution < 1.29 is 4.84 Å². The lowest BCUT2D eigenvalue weighted by molar-refractivity contribution is -0.0994. The molecule has 0 radical (unpaired) electrons. The summed E-state index contributed by atoms with van der Waals surface area (Å²) in [6.07, 6.45) is 3.72. The summed E-state index contributed by atoms with van der Waals surface area (Å²) in [5.41, 5.74) is 3.90. The molecule has 1 aliphatic rings. The highest BCUT2D eigenvalue weighted by Crippen LogP contribution is 2.18. The Morgan fingerprint density at radius 1 is 1.12 bits per heavy atom. The number of nitrogens with zero attached hydrogens (tertiary/aromatic N) is 1. The van der Waals surface area contributed by atoms with E-state index in [1.807, 2.05) is 35.4 Å². The highest BCUT2D eigenvalue weighted by molar-refractivity contribution is 5.58. The summed E-state index contributed by atoms with van der Waals surface area (Å²) in [4.78, 5) is 5.80. The molecule has 2 rings (SSSR count).